The van der Waals surface area contributed by atoms with Crippen molar-refractivity contribution in [3.8, 4) is 0 Å². The van der Waals surface area contributed by atoms with Gasteiger partial charge in [-0.2, -0.15) is 4.31 Å². The number of fused-ring (bicyclic) bond motifs is 1. The zero-order valence-corrected chi connectivity index (χ0v) is 20.0. The zero-order chi connectivity index (χ0) is 23.0. The quantitative estimate of drug-likeness (QED) is 0.616. The Balaban J connectivity index is 1.56. The molecule has 8 nitrogen and oxygen atoms in total. The number of benzene rings is 1. The molecule has 1 aromatic heterocycles. The zero-order valence-electron chi connectivity index (χ0n) is 18.4. The lowest BCUT2D eigenvalue weighted by atomic mass is 10.0. The second-order valence-corrected chi connectivity index (χ2v) is 11.2. The van der Waals surface area contributed by atoms with Gasteiger partial charge in [0.25, 0.3) is 5.91 Å². The molecule has 32 heavy (non-hydrogen) atoms. The smallest absolute Gasteiger partial charge is 0.341 e. The van der Waals surface area contributed by atoms with Gasteiger partial charge in [-0.1, -0.05) is 6.92 Å². The number of carbonyl (C=O) groups excluding carboxylic acids is 2. The average molecular weight is 478 g/mol. The summed E-state index contributed by atoms with van der Waals surface area (Å²) in [5.74, 6) is -0.868. The predicted molar refractivity (Wildman–Crippen MR) is 123 cm³/mol. The Morgan fingerprint density at radius 1 is 1.25 bits per heavy atom. The van der Waals surface area contributed by atoms with Gasteiger partial charge in [-0.3, -0.25) is 9.69 Å². The topological polar surface area (TPSA) is 96.0 Å². The molecule has 0 radical (unpaired) electrons. The molecule has 1 amide bonds. The minimum Gasteiger partial charge on any atom is -0.465 e. The summed E-state index contributed by atoms with van der Waals surface area (Å²) in [5.41, 5.74) is 1.67. The van der Waals surface area contributed by atoms with E-state index in [2.05, 4.69) is 17.1 Å². The Morgan fingerprint density at radius 2 is 1.94 bits per heavy atom. The van der Waals surface area contributed by atoms with Crippen molar-refractivity contribution in [2.45, 2.75) is 43.7 Å². The van der Waals surface area contributed by atoms with Crippen LogP contribution in [0, 0.1) is 0 Å². The molecule has 2 aliphatic rings. The molecule has 0 unspecified atom stereocenters. The molecule has 0 bridgehead atoms. The molecule has 172 valence electrons. The lowest BCUT2D eigenvalue weighted by molar-refractivity contribution is 0.0600. The fourth-order valence-corrected chi connectivity index (χ4v) is 6.58. The number of hydrogen-bond donors (Lipinski definition) is 1. The highest BCUT2D eigenvalue weighted by Crippen LogP contribution is 2.38. The van der Waals surface area contributed by atoms with Crippen LogP contribution in [-0.4, -0.2) is 62.8 Å². The van der Waals surface area contributed by atoms with Crippen molar-refractivity contribution >= 4 is 38.2 Å². The molecule has 1 aliphatic heterocycles. The molecular formula is C22H27N3O5S2. The summed E-state index contributed by atoms with van der Waals surface area (Å²) in [5, 5.41) is 3.31. The molecule has 0 atom stereocenters. The SMILES string of the molecule is CCN1CCc2c(sc(NC(=O)c3ccc(S(=O)(=O)N(C)C4CC4)cc3)c2C(=O)OC)C1. The van der Waals surface area contributed by atoms with E-state index in [9.17, 15) is 18.0 Å². The first-order chi connectivity index (χ1) is 15.3. The molecule has 1 fully saturated rings. The number of hydrogen-bond acceptors (Lipinski definition) is 7. The van der Waals surface area contributed by atoms with Crippen LogP contribution in [0.15, 0.2) is 29.2 Å². The van der Waals surface area contributed by atoms with Crippen LogP contribution in [0.1, 0.15) is 50.9 Å². The number of methoxy groups -OCH3 is 1. The number of carbonyl (C=O) groups is 2. The number of esters is 1. The molecule has 2 aromatic rings. The van der Waals surface area contributed by atoms with Gasteiger partial charge < -0.3 is 10.1 Å². The van der Waals surface area contributed by atoms with E-state index in [0.29, 0.717) is 16.1 Å². The molecule has 1 aromatic carbocycles. The van der Waals surface area contributed by atoms with Gasteiger partial charge in [-0.05, 0) is 55.6 Å². The number of likely N-dealkylation sites (N-methyl/N-ethyl adjacent to an activating group) is 1. The third kappa shape index (κ3) is 4.32. The van der Waals surface area contributed by atoms with E-state index in [1.54, 1.807) is 7.05 Å². The van der Waals surface area contributed by atoms with E-state index in [-0.39, 0.29) is 10.9 Å². The Morgan fingerprint density at radius 3 is 2.53 bits per heavy atom. The predicted octanol–water partition coefficient (Wildman–Crippen LogP) is 2.95. The van der Waals surface area contributed by atoms with Gasteiger partial charge in [0.2, 0.25) is 10.0 Å². The van der Waals surface area contributed by atoms with Crippen LogP contribution in [-0.2, 0) is 27.7 Å². The Hall–Kier alpha value is -2.27. The van der Waals surface area contributed by atoms with Crippen LogP contribution < -0.4 is 5.32 Å². The highest BCUT2D eigenvalue weighted by Gasteiger charge is 2.35. The van der Waals surface area contributed by atoms with E-state index >= 15 is 0 Å². The van der Waals surface area contributed by atoms with E-state index in [1.807, 2.05) is 0 Å². The standard InChI is InChI=1S/C22H27N3O5S2/c1-4-25-12-11-17-18(13-25)31-21(19(17)22(27)30-3)23-20(26)14-5-9-16(10-6-14)32(28,29)24(2)15-7-8-15/h5-6,9-10,15H,4,7-8,11-13H2,1-3H3,(H,23,26). The van der Waals surface area contributed by atoms with Gasteiger partial charge in [0.05, 0.1) is 17.6 Å². The molecule has 1 aliphatic carbocycles. The maximum absolute atomic E-state index is 12.9. The number of amides is 1. The highest BCUT2D eigenvalue weighted by molar-refractivity contribution is 7.89. The minimum atomic E-state index is -3.57. The van der Waals surface area contributed by atoms with Crippen LogP contribution >= 0.6 is 11.3 Å². The summed E-state index contributed by atoms with van der Waals surface area (Å²) in [7, 11) is -0.657. The minimum absolute atomic E-state index is 0.0632. The van der Waals surface area contributed by atoms with Crippen molar-refractivity contribution in [3.05, 3.63) is 45.8 Å². The Labute approximate surface area is 192 Å². The van der Waals surface area contributed by atoms with Crippen LogP contribution in [0.5, 0.6) is 0 Å². The molecule has 2 heterocycles. The Bertz CT molecular complexity index is 1140. The highest BCUT2D eigenvalue weighted by atomic mass is 32.2. The molecule has 0 saturated heterocycles. The van der Waals surface area contributed by atoms with Crippen molar-refractivity contribution in [1.29, 1.82) is 0 Å². The molecule has 1 saturated carbocycles. The molecule has 10 heteroatoms. The third-order valence-corrected chi connectivity index (χ3v) is 9.11. The lowest BCUT2D eigenvalue weighted by Crippen LogP contribution is -2.30. The number of nitrogens with one attached hydrogen (secondary N) is 1. The summed E-state index contributed by atoms with van der Waals surface area (Å²) >= 11 is 1.39. The van der Waals surface area contributed by atoms with Crippen LogP contribution in [0.2, 0.25) is 0 Å². The van der Waals surface area contributed by atoms with E-state index < -0.39 is 21.9 Å². The summed E-state index contributed by atoms with van der Waals surface area (Å²) < 4.78 is 31.7. The van der Waals surface area contributed by atoms with Crippen molar-refractivity contribution in [2.24, 2.45) is 0 Å². The maximum Gasteiger partial charge on any atom is 0.341 e. The second-order valence-electron chi connectivity index (χ2n) is 8.05. The average Bonchev–Trinajstić information content (AvgIpc) is 3.59. The molecule has 0 spiro atoms. The maximum atomic E-state index is 12.9. The fraction of sp³-hybridized carbons (Fsp3) is 0.455. The summed E-state index contributed by atoms with van der Waals surface area (Å²) in [4.78, 5) is 28.9. The van der Waals surface area contributed by atoms with Crippen molar-refractivity contribution in [1.82, 2.24) is 9.21 Å². The van der Waals surface area contributed by atoms with Gasteiger partial charge in [0.1, 0.15) is 5.00 Å². The van der Waals surface area contributed by atoms with Gasteiger partial charge in [0.15, 0.2) is 0 Å². The molecular weight excluding hydrogens is 450 g/mol. The third-order valence-electron chi connectivity index (χ3n) is 6.05. The van der Waals surface area contributed by atoms with Gasteiger partial charge in [-0.15, -0.1) is 11.3 Å². The van der Waals surface area contributed by atoms with Crippen molar-refractivity contribution < 1.29 is 22.7 Å². The van der Waals surface area contributed by atoms with Crippen LogP contribution in [0.3, 0.4) is 0 Å². The number of nitrogens with zero attached hydrogens (tertiary/aromatic N) is 2. The van der Waals surface area contributed by atoms with E-state index in [1.165, 1.54) is 47.0 Å². The van der Waals surface area contributed by atoms with Gasteiger partial charge in [0, 0.05) is 36.6 Å². The second kappa shape index (κ2) is 8.93. The number of anilines is 1. The number of thiophene rings is 1. The normalized spacial score (nSPS) is 16.6. The fourth-order valence-electron chi connectivity index (χ4n) is 3.89. The van der Waals surface area contributed by atoms with E-state index in [4.69, 9.17) is 4.74 Å². The van der Waals surface area contributed by atoms with Gasteiger partial charge >= 0.3 is 5.97 Å². The summed E-state index contributed by atoms with van der Waals surface area (Å²) in [6.07, 6.45) is 2.47. The first-order valence-electron chi connectivity index (χ1n) is 10.6. The monoisotopic (exact) mass is 477 g/mol. The van der Waals surface area contributed by atoms with Gasteiger partial charge in [-0.25, -0.2) is 13.2 Å². The van der Waals surface area contributed by atoms with E-state index in [0.717, 1.165) is 49.3 Å². The van der Waals surface area contributed by atoms with Crippen LogP contribution in [0.25, 0.3) is 0 Å². The number of rotatable bonds is 7. The number of sulfonamides is 1. The molecule has 1 N–H and O–H groups in total. The largest absolute Gasteiger partial charge is 0.465 e. The first-order valence-corrected chi connectivity index (χ1v) is 12.9. The lowest BCUT2D eigenvalue weighted by Gasteiger charge is -2.25. The Kier molecular flexibility index (Phi) is 6.39. The summed E-state index contributed by atoms with van der Waals surface area (Å²) in [6, 6.07) is 5.94. The molecule has 4 rings (SSSR count). The van der Waals surface area contributed by atoms with Crippen molar-refractivity contribution in [3.63, 3.8) is 0 Å². The van der Waals surface area contributed by atoms with Crippen molar-refractivity contribution in [2.75, 3.05) is 32.6 Å². The van der Waals surface area contributed by atoms with Crippen LogP contribution in [0.4, 0.5) is 5.00 Å². The summed E-state index contributed by atoms with van der Waals surface area (Å²) in [6.45, 7) is 4.59. The first kappa shape index (κ1) is 22.9. The number of ether oxygens (including phenoxy) is 1.